The summed E-state index contributed by atoms with van der Waals surface area (Å²) in [6, 6.07) is -0.498. The first-order chi connectivity index (χ1) is 6.63. The zero-order valence-corrected chi connectivity index (χ0v) is 10.8. The predicted molar refractivity (Wildman–Crippen MR) is 62.4 cm³/mol. The minimum atomic E-state index is -0.498. The number of carbonyl (C=O) groups is 1. The van der Waals surface area contributed by atoms with Gasteiger partial charge in [-0.3, -0.25) is 4.79 Å². The number of rotatable bonds is 4. The van der Waals surface area contributed by atoms with Gasteiger partial charge in [0.1, 0.15) is 11.6 Å². The molecule has 1 unspecified atom stereocenters. The average molecular weight is 215 g/mol. The summed E-state index contributed by atoms with van der Waals surface area (Å²) in [7, 11) is 0. The maximum atomic E-state index is 11.6. The Morgan fingerprint density at radius 2 is 1.73 bits per heavy atom. The molecule has 0 aliphatic rings. The first kappa shape index (κ1) is 14.4. The first-order valence-corrected chi connectivity index (χ1v) is 5.62. The summed E-state index contributed by atoms with van der Waals surface area (Å²) in [6.07, 6.45) is 0.687. The van der Waals surface area contributed by atoms with Crippen LogP contribution in [0.5, 0.6) is 0 Å². The zero-order valence-electron chi connectivity index (χ0n) is 10.8. The molecule has 90 valence electrons. The van der Waals surface area contributed by atoms with Crippen molar-refractivity contribution in [3.63, 3.8) is 0 Å². The van der Waals surface area contributed by atoms with Gasteiger partial charge in [0, 0.05) is 0 Å². The third kappa shape index (κ3) is 6.50. The summed E-state index contributed by atoms with van der Waals surface area (Å²) in [4.78, 5) is 11.6. The third-order valence-corrected chi connectivity index (χ3v) is 2.47. The SMILES string of the molecule is CC(C)C(C)C[C@H](N)C(=O)OC(C)(C)C. The Bertz CT molecular complexity index is 206. The molecule has 0 saturated carbocycles. The summed E-state index contributed by atoms with van der Waals surface area (Å²) >= 11 is 0. The summed E-state index contributed by atoms with van der Waals surface area (Å²) in [5, 5.41) is 0. The molecular weight excluding hydrogens is 190 g/mol. The summed E-state index contributed by atoms with van der Waals surface area (Å²) in [5.74, 6) is 0.681. The van der Waals surface area contributed by atoms with Crippen LogP contribution in [0.4, 0.5) is 0 Å². The van der Waals surface area contributed by atoms with Crippen molar-refractivity contribution in [3.05, 3.63) is 0 Å². The van der Waals surface area contributed by atoms with Crippen LogP contribution in [-0.2, 0) is 9.53 Å². The molecule has 0 aliphatic heterocycles. The van der Waals surface area contributed by atoms with Crippen LogP contribution in [0.25, 0.3) is 0 Å². The van der Waals surface area contributed by atoms with Crippen molar-refractivity contribution >= 4 is 5.97 Å². The standard InChI is InChI=1S/C12H25NO2/c1-8(2)9(3)7-10(13)11(14)15-12(4,5)6/h8-10H,7,13H2,1-6H3/t9?,10-/m0/s1. The van der Waals surface area contributed by atoms with Gasteiger partial charge in [0.05, 0.1) is 0 Å². The van der Waals surface area contributed by atoms with E-state index in [1.165, 1.54) is 0 Å². The Morgan fingerprint density at radius 1 is 1.27 bits per heavy atom. The molecule has 0 radical (unpaired) electrons. The fraction of sp³-hybridized carbons (Fsp3) is 0.917. The molecule has 0 aromatic carbocycles. The fourth-order valence-electron chi connectivity index (χ4n) is 1.15. The molecular formula is C12H25NO2. The lowest BCUT2D eigenvalue weighted by Crippen LogP contribution is -2.38. The molecule has 0 spiro atoms. The molecule has 2 N–H and O–H groups in total. The highest BCUT2D eigenvalue weighted by Crippen LogP contribution is 2.17. The lowest BCUT2D eigenvalue weighted by Gasteiger charge is -2.24. The van der Waals surface area contributed by atoms with E-state index in [1.807, 2.05) is 20.8 Å². The van der Waals surface area contributed by atoms with E-state index in [9.17, 15) is 4.79 Å². The topological polar surface area (TPSA) is 52.3 Å². The Morgan fingerprint density at radius 3 is 2.07 bits per heavy atom. The van der Waals surface area contributed by atoms with Crippen LogP contribution in [-0.4, -0.2) is 17.6 Å². The van der Waals surface area contributed by atoms with Gasteiger partial charge in [-0.25, -0.2) is 0 Å². The van der Waals surface area contributed by atoms with Gasteiger partial charge in [-0.15, -0.1) is 0 Å². The van der Waals surface area contributed by atoms with Gasteiger partial charge in [0.25, 0.3) is 0 Å². The average Bonchev–Trinajstić information content (AvgIpc) is 2.00. The second kappa shape index (κ2) is 5.50. The van der Waals surface area contributed by atoms with E-state index < -0.39 is 11.6 Å². The number of ether oxygens (including phenoxy) is 1. The first-order valence-electron chi connectivity index (χ1n) is 5.62. The molecule has 0 amide bonds. The number of hydrogen-bond donors (Lipinski definition) is 1. The fourth-order valence-corrected chi connectivity index (χ4v) is 1.15. The highest BCUT2D eigenvalue weighted by Gasteiger charge is 2.24. The van der Waals surface area contributed by atoms with Crippen LogP contribution < -0.4 is 5.73 Å². The van der Waals surface area contributed by atoms with Crippen molar-refractivity contribution in [3.8, 4) is 0 Å². The quantitative estimate of drug-likeness (QED) is 0.732. The Labute approximate surface area is 93.4 Å². The van der Waals surface area contributed by atoms with E-state index in [4.69, 9.17) is 10.5 Å². The molecule has 0 fully saturated rings. The van der Waals surface area contributed by atoms with Crippen LogP contribution in [0.2, 0.25) is 0 Å². The van der Waals surface area contributed by atoms with Crippen molar-refractivity contribution in [1.29, 1.82) is 0 Å². The van der Waals surface area contributed by atoms with E-state index in [2.05, 4.69) is 20.8 Å². The van der Waals surface area contributed by atoms with Crippen LogP contribution >= 0.6 is 0 Å². The summed E-state index contributed by atoms with van der Waals surface area (Å²) < 4.78 is 5.22. The van der Waals surface area contributed by atoms with E-state index >= 15 is 0 Å². The highest BCUT2D eigenvalue weighted by molar-refractivity contribution is 5.75. The molecule has 3 nitrogen and oxygen atoms in total. The zero-order chi connectivity index (χ0) is 12.2. The van der Waals surface area contributed by atoms with Crippen LogP contribution in [0.3, 0.4) is 0 Å². The summed E-state index contributed by atoms with van der Waals surface area (Å²) in [6.45, 7) is 11.9. The molecule has 0 heterocycles. The second-order valence-corrected chi connectivity index (χ2v) is 5.60. The summed E-state index contributed by atoms with van der Waals surface area (Å²) in [5.41, 5.74) is 5.34. The molecule has 15 heavy (non-hydrogen) atoms. The van der Waals surface area contributed by atoms with Crippen molar-refractivity contribution in [2.75, 3.05) is 0 Å². The van der Waals surface area contributed by atoms with Gasteiger partial charge >= 0.3 is 5.97 Å². The van der Waals surface area contributed by atoms with Gasteiger partial charge < -0.3 is 10.5 Å². The Balaban J connectivity index is 4.11. The highest BCUT2D eigenvalue weighted by atomic mass is 16.6. The van der Waals surface area contributed by atoms with Crippen molar-refractivity contribution in [2.45, 2.75) is 59.6 Å². The largest absolute Gasteiger partial charge is 0.459 e. The van der Waals surface area contributed by atoms with Crippen LogP contribution in [0.1, 0.15) is 48.0 Å². The van der Waals surface area contributed by atoms with Gasteiger partial charge in [0.15, 0.2) is 0 Å². The maximum Gasteiger partial charge on any atom is 0.323 e. The minimum Gasteiger partial charge on any atom is -0.459 e. The van der Waals surface area contributed by atoms with Crippen LogP contribution in [0, 0.1) is 11.8 Å². The van der Waals surface area contributed by atoms with Gasteiger partial charge in [-0.1, -0.05) is 20.8 Å². The smallest absolute Gasteiger partial charge is 0.323 e. The monoisotopic (exact) mass is 215 g/mol. The lowest BCUT2D eigenvalue weighted by molar-refractivity contribution is -0.156. The van der Waals surface area contributed by atoms with Crippen LogP contribution in [0.15, 0.2) is 0 Å². The van der Waals surface area contributed by atoms with E-state index in [1.54, 1.807) is 0 Å². The molecule has 0 aromatic rings. The number of carbonyl (C=O) groups excluding carboxylic acids is 1. The molecule has 0 saturated heterocycles. The van der Waals surface area contributed by atoms with Gasteiger partial charge in [-0.2, -0.15) is 0 Å². The number of nitrogens with two attached hydrogens (primary N) is 1. The van der Waals surface area contributed by atoms with Crippen molar-refractivity contribution in [1.82, 2.24) is 0 Å². The van der Waals surface area contributed by atoms with E-state index in [0.29, 0.717) is 18.3 Å². The Kier molecular flexibility index (Phi) is 5.29. The van der Waals surface area contributed by atoms with Crippen molar-refractivity contribution in [2.24, 2.45) is 17.6 Å². The van der Waals surface area contributed by atoms with Crippen molar-refractivity contribution < 1.29 is 9.53 Å². The van der Waals surface area contributed by atoms with E-state index in [-0.39, 0.29) is 5.97 Å². The number of hydrogen-bond acceptors (Lipinski definition) is 3. The molecule has 0 bridgehead atoms. The molecule has 0 rings (SSSR count). The van der Waals surface area contributed by atoms with Gasteiger partial charge in [-0.05, 0) is 39.0 Å². The third-order valence-electron chi connectivity index (χ3n) is 2.47. The van der Waals surface area contributed by atoms with E-state index in [0.717, 1.165) is 0 Å². The molecule has 0 aliphatic carbocycles. The Hall–Kier alpha value is -0.570. The normalized spacial score (nSPS) is 16.3. The lowest BCUT2D eigenvalue weighted by atomic mass is 9.91. The predicted octanol–water partition coefficient (Wildman–Crippen LogP) is 2.34. The second-order valence-electron chi connectivity index (χ2n) is 5.60. The minimum absolute atomic E-state index is 0.296. The molecule has 0 aromatic heterocycles. The van der Waals surface area contributed by atoms with Gasteiger partial charge in [0.2, 0.25) is 0 Å². The molecule has 2 atom stereocenters. The maximum absolute atomic E-state index is 11.6. The molecule has 3 heteroatoms. The number of esters is 1.